The summed E-state index contributed by atoms with van der Waals surface area (Å²) < 4.78 is 79.0. The Morgan fingerprint density at radius 2 is 1.52 bits per heavy atom. The van der Waals surface area contributed by atoms with Crippen molar-refractivity contribution in [2.45, 2.75) is 157 Å². The van der Waals surface area contributed by atoms with Crippen LogP contribution >= 0.6 is 0 Å². The second-order valence-electron chi connectivity index (χ2n) is 26.9. The number of aliphatic hydroxyl groups is 7. The minimum absolute atomic E-state index is 0.0223. The third-order valence-corrected chi connectivity index (χ3v) is 21.2. The van der Waals surface area contributed by atoms with Crippen LogP contribution in [-0.2, 0) is 108 Å². The molecule has 15 N–H and O–H groups in total. The second-order valence-corrected chi connectivity index (χ2v) is 29.5. The highest BCUT2D eigenvalue weighted by molar-refractivity contribution is 7.85. The quantitative estimate of drug-likeness (QED) is 0.0205. The number of nitrogens with one attached hydrogen (secondary N) is 7. The molecule has 2 aromatic carbocycles. The number of imide groups is 1. The molecule has 7 heterocycles. The van der Waals surface area contributed by atoms with E-state index in [1.54, 1.807) is 20.0 Å². The summed E-state index contributed by atoms with van der Waals surface area (Å²) in [4.78, 5) is 171. The highest BCUT2D eigenvalue weighted by atomic mass is 32.3. The van der Waals surface area contributed by atoms with E-state index in [1.807, 2.05) is 0 Å². The highest BCUT2D eigenvalue weighted by Crippen LogP contribution is 2.36. The summed E-state index contributed by atoms with van der Waals surface area (Å²) in [6, 6.07) is -4.91. The van der Waals surface area contributed by atoms with Crippen molar-refractivity contribution in [2.24, 2.45) is 11.8 Å². The molecule has 5 aliphatic rings. The average Bonchev–Trinajstić information content (AvgIpc) is 1.73. The SMILES string of the molecule is CC[C@H](C)[C@@H]1NC(=O)CNC(=O)[C@@H]2Cc3c([nH]c4cc(OS(=O)(=O)Oc5cc(C(=O)N(C)CCOCCn6cc(COCCN7C(=O)C=CC7=O)nn6)ccc5OC5O[C@@H](CO)[C@@H](O)[C@@H](O)[C@@H]5O)ccc34)S(=O)C[C@H](NC(=O)CCC1=O)C(=O)N[C@@H](CC(=O)O)C(=O)N1C[C@H](O)C[C@H]1C(=O)N[C@@H]([C@@H](C)[C@@H](O)CO)C(=O)N2. The van der Waals surface area contributed by atoms with Crippen LogP contribution in [0.5, 0.6) is 17.2 Å². The lowest BCUT2D eigenvalue weighted by Gasteiger charge is -2.39. The number of aliphatic carboxylic acids is 1. The number of fused-ring (bicyclic) bond motifs is 5. The third-order valence-electron chi connectivity index (χ3n) is 19.0. The summed E-state index contributed by atoms with van der Waals surface area (Å²) in [5.41, 5.74) is -0.244. The number of aromatic amines is 1. The molecule has 16 atom stereocenters. The Morgan fingerprint density at radius 3 is 2.23 bits per heavy atom. The van der Waals surface area contributed by atoms with Gasteiger partial charge in [-0.2, -0.15) is 0 Å². The molecule has 2 bridgehead atoms. The molecule has 2 aromatic heterocycles. The lowest BCUT2D eigenvalue weighted by molar-refractivity contribution is -0.277. The van der Waals surface area contributed by atoms with Crippen LogP contribution in [0.25, 0.3) is 10.9 Å². The van der Waals surface area contributed by atoms with Crippen LogP contribution in [-0.4, -0.2) is 310 Å². The number of rotatable bonds is 26. The van der Waals surface area contributed by atoms with E-state index >= 15 is 4.21 Å². The molecule has 0 saturated carbocycles. The number of aliphatic hydroxyl groups excluding tert-OH is 7. The summed E-state index contributed by atoms with van der Waals surface area (Å²) in [5, 5.41) is 106. The smallest absolute Gasteiger partial charge is 0.481 e. The van der Waals surface area contributed by atoms with Gasteiger partial charge in [0.15, 0.2) is 17.3 Å². The zero-order valence-corrected chi connectivity index (χ0v) is 61.9. The number of Topliss-reactive ketones (excluding diaryl/α,β-unsaturated/α-hetero) is 1. The average molecular weight is 1600 g/mol. The van der Waals surface area contributed by atoms with Gasteiger partial charge >= 0.3 is 16.4 Å². The number of benzene rings is 2. The number of hydrogen-bond donors (Lipinski definition) is 15. The normalized spacial score (nSPS) is 26.4. The highest BCUT2D eigenvalue weighted by Gasteiger charge is 2.48. The predicted molar refractivity (Wildman–Crippen MR) is 375 cm³/mol. The van der Waals surface area contributed by atoms with Crippen molar-refractivity contribution in [2.75, 3.05) is 72.0 Å². The maximum absolute atomic E-state index is 15.4. The first-order valence-corrected chi connectivity index (χ1v) is 37.7. The molecule has 9 rings (SSSR count). The number of hydrogen-bond acceptors (Lipinski definition) is 30. The van der Waals surface area contributed by atoms with E-state index in [9.17, 15) is 107 Å². The van der Waals surface area contributed by atoms with Gasteiger partial charge in [-0.05, 0) is 41.8 Å². The number of carboxylic acids is 1. The molecule has 2 saturated heterocycles. The molecule has 0 spiro atoms. The molecule has 0 radical (unpaired) electrons. The van der Waals surface area contributed by atoms with Gasteiger partial charge in [0.25, 0.3) is 17.7 Å². The minimum Gasteiger partial charge on any atom is -0.481 e. The summed E-state index contributed by atoms with van der Waals surface area (Å²) in [5.74, 6) is -17.5. The summed E-state index contributed by atoms with van der Waals surface area (Å²) >= 11 is 0. The molecule has 0 aliphatic carbocycles. The van der Waals surface area contributed by atoms with E-state index in [0.29, 0.717) is 17.0 Å². The fraction of sp³-hybridized carbons (Fsp3) is 0.552. The number of amides is 10. The van der Waals surface area contributed by atoms with E-state index < -0.39 is 269 Å². The van der Waals surface area contributed by atoms with Gasteiger partial charge in [-0.3, -0.25) is 66.6 Å². The zero-order valence-electron chi connectivity index (χ0n) is 60.2. The lowest BCUT2D eigenvalue weighted by atomic mass is 9.93. The van der Waals surface area contributed by atoms with Crippen molar-refractivity contribution < 1.29 is 138 Å². The standard InChI is InChI=1S/C67H87N13O29S2/c1-5-32(2)55-45(84)9-11-50(86)69-43-31-110(101)64-39(23-41(60(95)68-25-51(87)73-55)70-63(98)56(33(3)46(85)28-81)74-62(97)44-21-36(83)27-80(44)66(100)42(24-54(90)91)71-61(43)96)38-8-7-37(22-40(38)72-64)108-111(102,103)109-48-20-34(6-10-47(48)106-67-59(94)58(93)57(92)49(29-82)107-67)65(99)77(4)14-17-104-18-15-78-26-35(75-76-78)30-105-19-16-79-52(88)12-13-53(79)89/h6-8,10,12-13,20,22,26,32-33,36,41-44,46,49,55-59,67,72,81-83,85,92-94H,5,9,11,14-19,21,23-25,27-31H2,1-4H3,(H,68,95)(H,69,86)(H,70,98)(H,71,96)(H,73,87)(H,74,97)(H,90,91)/t32-,33-,36+,41-,42-,43-,44-,46-,49-,55-,56-,57+,58+,59-,67?,110?/m0/s1. The van der Waals surface area contributed by atoms with E-state index in [0.717, 1.165) is 53.5 Å². The summed E-state index contributed by atoms with van der Waals surface area (Å²) in [6.07, 6.45) is -12.3. The van der Waals surface area contributed by atoms with Crippen molar-refractivity contribution in [1.29, 1.82) is 0 Å². The van der Waals surface area contributed by atoms with Gasteiger partial charge in [0.1, 0.15) is 71.1 Å². The van der Waals surface area contributed by atoms with E-state index in [2.05, 4.69) is 47.2 Å². The number of likely N-dealkylation sites (N-methyl/N-ethyl adjacent to an activating group) is 1. The van der Waals surface area contributed by atoms with Crippen LogP contribution < -0.4 is 45.0 Å². The number of carbonyl (C=O) groups excluding carboxylic acids is 11. The molecular formula is C67H87N13O29S2. The molecule has 111 heavy (non-hydrogen) atoms. The monoisotopic (exact) mass is 1600 g/mol. The maximum atomic E-state index is 15.4. The molecule has 2 unspecified atom stereocenters. The number of H-pyrrole nitrogens is 1. The van der Waals surface area contributed by atoms with Crippen LogP contribution in [0.1, 0.15) is 74.5 Å². The fourth-order valence-electron chi connectivity index (χ4n) is 12.5. The van der Waals surface area contributed by atoms with E-state index in [-0.39, 0.29) is 68.1 Å². The van der Waals surface area contributed by atoms with Crippen molar-refractivity contribution in [1.82, 2.24) is 66.6 Å². The first-order valence-electron chi connectivity index (χ1n) is 35.1. The summed E-state index contributed by atoms with van der Waals surface area (Å²) in [6.45, 7) is 1.31. The number of aromatic nitrogens is 4. The predicted octanol–water partition coefficient (Wildman–Crippen LogP) is -7.09. The molecule has 5 aliphatic heterocycles. The van der Waals surface area contributed by atoms with Gasteiger partial charge in [0.2, 0.25) is 47.6 Å². The van der Waals surface area contributed by atoms with Gasteiger partial charge in [-0.25, -0.2) is 4.68 Å². The molecule has 44 heteroatoms. The van der Waals surface area contributed by atoms with Crippen LogP contribution in [0.3, 0.4) is 0 Å². The van der Waals surface area contributed by atoms with Crippen LogP contribution in [0, 0.1) is 11.8 Å². The van der Waals surface area contributed by atoms with E-state index in [1.165, 1.54) is 23.6 Å². The topological polar surface area (TPSA) is 602 Å². The Morgan fingerprint density at radius 1 is 0.793 bits per heavy atom. The number of ether oxygens (including phenoxy) is 4. The fourth-order valence-corrected chi connectivity index (χ4v) is 14.7. The summed E-state index contributed by atoms with van der Waals surface area (Å²) in [7, 11) is -6.87. The Bertz CT molecular complexity index is 4310. The first kappa shape index (κ1) is 85.0. The molecular weight excluding hydrogens is 1510 g/mol. The van der Waals surface area contributed by atoms with Crippen molar-refractivity contribution in [3.8, 4) is 17.2 Å². The Balaban J connectivity index is 1.04. The molecule has 42 nitrogen and oxygen atoms in total. The van der Waals surface area contributed by atoms with Crippen molar-refractivity contribution in [3.63, 3.8) is 0 Å². The van der Waals surface area contributed by atoms with E-state index in [4.69, 9.17) is 27.3 Å². The van der Waals surface area contributed by atoms with Gasteiger partial charge in [-0.1, -0.05) is 32.4 Å². The maximum Gasteiger partial charge on any atom is 0.501 e. The zero-order chi connectivity index (χ0) is 80.9. The van der Waals surface area contributed by atoms with Crippen LogP contribution in [0.2, 0.25) is 0 Å². The molecule has 4 aromatic rings. The Labute approximate surface area is 634 Å². The Kier molecular flexibility index (Phi) is 29.0. The minimum atomic E-state index is -5.53. The second kappa shape index (κ2) is 37.8. The Hall–Kier alpha value is -10.00. The lowest BCUT2D eigenvalue weighted by Crippen LogP contribution is -2.61. The largest absolute Gasteiger partial charge is 0.501 e. The van der Waals surface area contributed by atoms with Crippen molar-refractivity contribution in [3.05, 3.63) is 71.6 Å². The van der Waals surface area contributed by atoms with Gasteiger partial charge < -0.3 is 115 Å². The van der Waals surface area contributed by atoms with Crippen LogP contribution in [0.4, 0.5) is 0 Å². The number of carboxylic acid groups (broad SMARTS) is 1. The van der Waals surface area contributed by atoms with Gasteiger partial charge in [0.05, 0.1) is 112 Å². The number of carbonyl (C=O) groups is 12. The van der Waals surface area contributed by atoms with Gasteiger partial charge in [-0.15, -0.1) is 13.5 Å². The van der Waals surface area contributed by atoms with Gasteiger partial charge in [0, 0.05) is 80.9 Å². The molecule has 10 amide bonds. The molecule has 606 valence electrons. The van der Waals surface area contributed by atoms with Crippen LogP contribution in [0.15, 0.2) is 59.8 Å². The first-order chi connectivity index (χ1) is 52.7. The number of nitrogens with zero attached hydrogens (tertiary/aromatic N) is 6. The third kappa shape index (κ3) is 21.6. The molecule has 2 fully saturated rings. The van der Waals surface area contributed by atoms with Crippen molar-refractivity contribution >= 4 is 103 Å². The number of ketones is 1.